The van der Waals surface area contributed by atoms with E-state index in [2.05, 4.69) is 0 Å². The van der Waals surface area contributed by atoms with Crippen molar-refractivity contribution < 1.29 is 19.0 Å². The molecule has 6 heteroatoms. The van der Waals surface area contributed by atoms with Crippen molar-refractivity contribution in [2.24, 2.45) is 0 Å². The molecule has 0 radical (unpaired) electrons. The van der Waals surface area contributed by atoms with Gasteiger partial charge in [0.15, 0.2) is 0 Å². The molecular formula is C15H14FNO3S. The fourth-order valence-electron chi connectivity index (χ4n) is 1.68. The van der Waals surface area contributed by atoms with E-state index in [1.807, 2.05) is 0 Å². The van der Waals surface area contributed by atoms with Gasteiger partial charge in [-0.2, -0.15) is 0 Å². The molecule has 3 N–H and O–H groups in total. The average Bonchev–Trinajstić information content (AvgIpc) is 2.47. The highest BCUT2D eigenvalue weighted by molar-refractivity contribution is 7.99. The highest BCUT2D eigenvalue weighted by atomic mass is 32.2. The Bertz CT molecular complexity index is 649. The molecule has 0 aliphatic rings. The van der Waals surface area contributed by atoms with Crippen LogP contribution in [0, 0.1) is 5.82 Å². The van der Waals surface area contributed by atoms with Crippen LogP contribution in [-0.2, 0) is 0 Å². The number of ether oxygens (including phenoxy) is 1. The van der Waals surface area contributed by atoms with Gasteiger partial charge in [0.05, 0.1) is 12.3 Å². The third-order valence-corrected chi connectivity index (χ3v) is 3.66. The maximum absolute atomic E-state index is 13.3. The highest BCUT2D eigenvalue weighted by Gasteiger charge is 2.09. The van der Waals surface area contributed by atoms with Gasteiger partial charge < -0.3 is 15.6 Å². The summed E-state index contributed by atoms with van der Waals surface area (Å²) in [4.78, 5) is 11.8. The number of carboxylic acids is 1. The quantitative estimate of drug-likeness (QED) is 0.487. The summed E-state index contributed by atoms with van der Waals surface area (Å²) < 4.78 is 18.7. The van der Waals surface area contributed by atoms with Crippen LogP contribution in [0.3, 0.4) is 0 Å². The van der Waals surface area contributed by atoms with E-state index in [0.717, 1.165) is 4.90 Å². The van der Waals surface area contributed by atoms with Crippen molar-refractivity contribution in [3.63, 3.8) is 0 Å². The maximum atomic E-state index is 13.3. The van der Waals surface area contributed by atoms with E-state index in [0.29, 0.717) is 18.1 Å². The average molecular weight is 307 g/mol. The number of hydrogen-bond acceptors (Lipinski definition) is 4. The number of para-hydroxylation sites is 1. The topological polar surface area (TPSA) is 72.5 Å². The number of carboxylic acid groups (broad SMARTS) is 1. The summed E-state index contributed by atoms with van der Waals surface area (Å²) in [7, 11) is 0. The SMILES string of the molecule is Nc1ccc(SCCOc2ccccc2C(=O)O)cc1F. The first kappa shape index (κ1) is 15.2. The highest BCUT2D eigenvalue weighted by Crippen LogP contribution is 2.23. The molecule has 0 saturated carbocycles. The second-order valence-electron chi connectivity index (χ2n) is 4.18. The summed E-state index contributed by atoms with van der Waals surface area (Å²) in [6, 6.07) is 11.1. The Kier molecular flexibility index (Phi) is 5.05. The number of hydrogen-bond donors (Lipinski definition) is 2. The Hall–Kier alpha value is -2.21. The van der Waals surface area contributed by atoms with Crippen LogP contribution < -0.4 is 10.5 Å². The zero-order valence-corrected chi connectivity index (χ0v) is 11.9. The van der Waals surface area contributed by atoms with E-state index in [1.165, 1.54) is 30.0 Å². The molecule has 0 spiro atoms. The van der Waals surface area contributed by atoms with Crippen LogP contribution in [0.25, 0.3) is 0 Å². The van der Waals surface area contributed by atoms with Gasteiger partial charge in [-0.05, 0) is 30.3 Å². The monoisotopic (exact) mass is 307 g/mol. The van der Waals surface area contributed by atoms with Gasteiger partial charge >= 0.3 is 5.97 Å². The van der Waals surface area contributed by atoms with Gasteiger partial charge in [0.1, 0.15) is 17.1 Å². The largest absolute Gasteiger partial charge is 0.492 e. The first-order chi connectivity index (χ1) is 10.1. The molecule has 2 rings (SSSR count). The van der Waals surface area contributed by atoms with Crippen molar-refractivity contribution >= 4 is 23.4 Å². The number of benzene rings is 2. The van der Waals surface area contributed by atoms with Gasteiger partial charge in [-0.3, -0.25) is 0 Å². The molecule has 0 aliphatic carbocycles. The first-order valence-corrected chi connectivity index (χ1v) is 7.19. The lowest BCUT2D eigenvalue weighted by atomic mass is 10.2. The van der Waals surface area contributed by atoms with Crippen molar-refractivity contribution in [3.05, 3.63) is 53.8 Å². The van der Waals surface area contributed by atoms with E-state index < -0.39 is 11.8 Å². The van der Waals surface area contributed by atoms with E-state index >= 15 is 0 Å². The van der Waals surface area contributed by atoms with Crippen LogP contribution in [0.1, 0.15) is 10.4 Å². The normalized spacial score (nSPS) is 10.3. The predicted molar refractivity (Wildman–Crippen MR) is 80.4 cm³/mol. The van der Waals surface area contributed by atoms with Crippen LogP contribution in [0.2, 0.25) is 0 Å². The molecule has 0 amide bonds. The summed E-state index contributed by atoms with van der Waals surface area (Å²) in [5, 5.41) is 9.02. The zero-order chi connectivity index (χ0) is 15.2. The van der Waals surface area contributed by atoms with Crippen LogP contribution >= 0.6 is 11.8 Å². The Morgan fingerprint density at radius 2 is 2.05 bits per heavy atom. The van der Waals surface area contributed by atoms with Crippen molar-refractivity contribution in [1.29, 1.82) is 0 Å². The lowest BCUT2D eigenvalue weighted by Gasteiger charge is -2.09. The minimum atomic E-state index is -1.03. The summed E-state index contributed by atoms with van der Waals surface area (Å²) in [6.07, 6.45) is 0. The van der Waals surface area contributed by atoms with Crippen molar-refractivity contribution in [1.82, 2.24) is 0 Å². The number of aromatic carboxylic acids is 1. The Balaban J connectivity index is 1.87. The van der Waals surface area contributed by atoms with E-state index in [-0.39, 0.29) is 11.3 Å². The molecule has 0 fully saturated rings. The first-order valence-electron chi connectivity index (χ1n) is 6.21. The number of rotatable bonds is 6. The van der Waals surface area contributed by atoms with Gasteiger partial charge in [0.25, 0.3) is 0 Å². The van der Waals surface area contributed by atoms with Gasteiger partial charge in [-0.1, -0.05) is 12.1 Å². The third kappa shape index (κ3) is 4.13. The molecule has 4 nitrogen and oxygen atoms in total. The molecule has 2 aromatic rings. The van der Waals surface area contributed by atoms with Crippen molar-refractivity contribution in [2.45, 2.75) is 4.90 Å². The maximum Gasteiger partial charge on any atom is 0.339 e. The van der Waals surface area contributed by atoms with Crippen LogP contribution in [0.4, 0.5) is 10.1 Å². The van der Waals surface area contributed by atoms with E-state index in [4.69, 9.17) is 15.6 Å². The summed E-state index contributed by atoms with van der Waals surface area (Å²) in [6.45, 7) is 0.320. The smallest absolute Gasteiger partial charge is 0.339 e. The van der Waals surface area contributed by atoms with E-state index in [9.17, 15) is 9.18 Å². The minimum Gasteiger partial charge on any atom is -0.492 e. The van der Waals surface area contributed by atoms with Crippen molar-refractivity contribution in [3.8, 4) is 5.75 Å². The number of carbonyl (C=O) groups is 1. The molecule has 0 aromatic heterocycles. The van der Waals surface area contributed by atoms with Crippen molar-refractivity contribution in [2.75, 3.05) is 18.1 Å². The minimum absolute atomic E-state index is 0.117. The van der Waals surface area contributed by atoms with Crippen LogP contribution in [0.15, 0.2) is 47.4 Å². The molecule has 0 saturated heterocycles. The number of thioether (sulfide) groups is 1. The fourth-order valence-corrected chi connectivity index (χ4v) is 2.43. The summed E-state index contributed by atoms with van der Waals surface area (Å²) >= 11 is 1.41. The molecule has 0 bridgehead atoms. The van der Waals surface area contributed by atoms with Gasteiger partial charge in [0, 0.05) is 10.6 Å². The number of anilines is 1. The number of halogens is 1. The lowest BCUT2D eigenvalue weighted by Crippen LogP contribution is -2.05. The molecule has 110 valence electrons. The Morgan fingerprint density at radius 1 is 1.29 bits per heavy atom. The van der Waals surface area contributed by atoms with Gasteiger partial charge in [-0.25, -0.2) is 9.18 Å². The standard InChI is InChI=1S/C15H14FNO3S/c16-12-9-10(5-6-13(12)17)21-8-7-20-14-4-2-1-3-11(14)15(18)19/h1-6,9H,7-8,17H2,(H,18,19). The zero-order valence-electron chi connectivity index (χ0n) is 11.1. The Morgan fingerprint density at radius 3 is 2.76 bits per heavy atom. The lowest BCUT2D eigenvalue weighted by molar-refractivity contribution is 0.0692. The second kappa shape index (κ2) is 6.99. The molecule has 2 aromatic carbocycles. The molecular weight excluding hydrogens is 293 g/mol. The molecule has 21 heavy (non-hydrogen) atoms. The van der Waals surface area contributed by atoms with Crippen LogP contribution in [-0.4, -0.2) is 23.4 Å². The number of nitrogens with two attached hydrogens (primary N) is 1. The number of nitrogen functional groups attached to an aromatic ring is 1. The summed E-state index contributed by atoms with van der Waals surface area (Å²) in [5.41, 5.74) is 5.64. The second-order valence-corrected chi connectivity index (χ2v) is 5.35. The Labute approximate surface area is 125 Å². The molecule has 0 atom stereocenters. The van der Waals surface area contributed by atoms with Crippen LogP contribution in [0.5, 0.6) is 5.75 Å². The molecule has 0 aliphatic heterocycles. The predicted octanol–water partition coefficient (Wildman–Crippen LogP) is 3.28. The summed E-state index contributed by atoms with van der Waals surface area (Å²) in [5.74, 6) is -0.581. The fraction of sp³-hybridized carbons (Fsp3) is 0.133. The van der Waals surface area contributed by atoms with Gasteiger partial charge in [0.2, 0.25) is 0 Å². The molecule has 0 unspecified atom stereocenters. The third-order valence-electron chi connectivity index (χ3n) is 2.70. The molecule has 0 heterocycles. The van der Waals surface area contributed by atoms with Gasteiger partial charge in [-0.15, -0.1) is 11.8 Å². The van der Waals surface area contributed by atoms with E-state index in [1.54, 1.807) is 24.3 Å².